The fraction of sp³-hybridized carbons (Fsp3) is 0.312. The van der Waals surface area contributed by atoms with Gasteiger partial charge in [0.25, 0.3) is 5.56 Å². The summed E-state index contributed by atoms with van der Waals surface area (Å²) >= 11 is 4.91. The molecule has 0 saturated heterocycles. The first-order valence-electron chi connectivity index (χ1n) is 7.37. The van der Waals surface area contributed by atoms with Crippen LogP contribution < -0.4 is 10.9 Å². The summed E-state index contributed by atoms with van der Waals surface area (Å²) < 4.78 is 2.55. The second-order valence-corrected chi connectivity index (χ2v) is 7.22. The van der Waals surface area contributed by atoms with Crippen LogP contribution in [0.1, 0.15) is 25.1 Å². The van der Waals surface area contributed by atoms with E-state index in [1.54, 1.807) is 10.6 Å². The molecule has 23 heavy (non-hydrogen) atoms. The van der Waals surface area contributed by atoms with E-state index in [9.17, 15) is 9.59 Å². The fourth-order valence-electron chi connectivity index (χ4n) is 2.52. The average molecular weight is 394 g/mol. The predicted molar refractivity (Wildman–Crippen MR) is 95.0 cm³/mol. The van der Waals surface area contributed by atoms with Crippen molar-refractivity contribution in [3.63, 3.8) is 0 Å². The molecule has 0 radical (unpaired) electrons. The van der Waals surface area contributed by atoms with Gasteiger partial charge in [0, 0.05) is 34.1 Å². The van der Waals surface area contributed by atoms with Gasteiger partial charge < -0.3 is 5.32 Å². The molecule has 1 aliphatic heterocycles. The SMILES string of the molecule is CCc1cc(=O)n2c(n1)SCC2CC(=O)Nc1cccc(Br)c1. The lowest BCUT2D eigenvalue weighted by molar-refractivity contribution is -0.116. The number of carbonyl (C=O) groups is 1. The minimum atomic E-state index is -0.145. The van der Waals surface area contributed by atoms with Crippen molar-refractivity contribution in [1.82, 2.24) is 9.55 Å². The van der Waals surface area contributed by atoms with Gasteiger partial charge in [0.2, 0.25) is 5.91 Å². The number of aryl methyl sites for hydroxylation is 1. The summed E-state index contributed by atoms with van der Waals surface area (Å²) in [5.41, 5.74) is 1.46. The Balaban J connectivity index is 1.73. The maximum Gasteiger partial charge on any atom is 0.254 e. The summed E-state index contributed by atoms with van der Waals surface area (Å²) in [5.74, 6) is 0.592. The van der Waals surface area contributed by atoms with E-state index in [0.29, 0.717) is 5.75 Å². The zero-order valence-corrected chi connectivity index (χ0v) is 15.0. The first-order chi connectivity index (χ1) is 11.1. The highest BCUT2D eigenvalue weighted by atomic mass is 79.9. The van der Waals surface area contributed by atoms with Gasteiger partial charge in [0.1, 0.15) is 0 Å². The Hall–Kier alpha value is -1.60. The highest BCUT2D eigenvalue weighted by Gasteiger charge is 2.27. The van der Waals surface area contributed by atoms with Gasteiger partial charge in [0.05, 0.1) is 6.04 Å². The van der Waals surface area contributed by atoms with Crippen molar-refractivity contribution in [1.29, 1.82) is 0 Å². The van der Waals surface area contributed by atoms with E-state index in [-0.39, 0.29) is 23.9 Å². The number of nitrogens with zero attached hydrogens (tertiary/aromatic N) is 2. The number of hydrogen-bond acceptors (Lipinski definition) is 4. The number of halogens is 1. The summed E-state index contributed by atoms with van der Waals surface area (Å²) in [6.45, 7) is 1.97. The Morgan fingerprint density at radius 1 is 1.48 bits per heavy atom. The van der Waals surface area contributed by atoms with Gasteiger partial charge in [-0.15, -0.1) is 0 Å². The Morgan fingerprint density at radius 3 is 3.04 bits per heavy atom. The molecule has 0 spiro atoms. The summed E-state index contributed by atoms with van der Waals surface area (Å²) in [6, 6.07) is 8.86. The van der Waals surface area contributed by atoms with Gasteiger partial charge in [-0.05, 0) is 24.6 Å². The number of fused-ring (bicyclic) bond motifs is 1. The van der Waals surface area contributed by atoms with Crippen molar-refractivity contribution in [2.75, 3.05) is 11.1 Å². The highest BCUT2D eigenvalue weighted by Crippen LogP contribution is 2.32. The van der Waals surface area contributed by atoms with Crippen LogP contribution >= 0.6 is 27.7 Å². The lowest BCUT2D eigenvalue weighted by Crippen LogP contribution is -2.27. The van der Waals surface area contributed by atoms with Crippen molar-refractivity contribution in [2.45, 2.75) is 31.0 Å². The molecule has 3 rings (SSSR count). The van der Waals surface area contributed by atoms with Crippen molar-refractivity contribution >= 4 is 39.3 Å². The Labute approximate surface area is 146 Å². The Morgan fingerprint density at radius 2 is 2.30 bits per heavy atom. The molecule has 2 heterocycles. The van der Waals surface area contributed by atoms with E-state index in [1.807, 2.05) is 31.2 Å². The van der Waals surface area contributed by atoms with E-state index >= 15 is 0 Å². The lowest BCUT2D eigenvalue weighted by atomic mass is 10.2. The molecule has 0 fully saturated rings. The predicted octanol–water partition coefficient (Wildman–Crippen LogP) is 3.24. The number of nitrogens with one attached hydrogen (secondary N) is 1. The molecule has 1 aliphatic rings. The molecule has 1 N–H and O–H groups in total. The molecule has 1 amide bonds. The molecule has 2 aromatic rings. The third kappa shape index (κ3) is 3.67. The molecular weight excluding hydrogens is 378 g/mol. The monoisotopic (exact) mass is 393 g/mol. The number of hydrogen-bond donors (Lipinski definition) is 1. The van der Waals surface area contributed by atoms with Crippen LogP contribution in [0.5, 0.6) is 0 Å². The van der Waals surface area contributed by atoms with Crippen molar-refractivity contribution in [3.05, 3.63) is 50.9 Å². The Bertz CT molecular complexity index is 806. The molecule has 0 aliphatic carbocycles. The lowest BCUT2D eigenvalue weighted by Gasteiger charge is -2.13. The van der Waals surface area contributed by atoms with Crippen LogP contribution in [-0.4, -0.2) is 21.2 Å². The summed E-state index contributed by atoms with van der Waals surface area (Å²) in [5, 5.41) is 3.59. The Kier molecular flexibility index (Phi) is 4.87. The van der Waals surface area contributed by atoms with Crippen LogP contribution in [-0.2, 0) is 11.2 Å². The van der Waals surface area contributed by atoms with Crippen LogP contribution in [0.2, 0.25) is 0 Å². The second kappa shape index (κ2) is 6.88. The average Bonchev–Trinajstić information content (AvgIpc) is 2.90. The van der Waals surface area contributed by atoms with E-state index in [1.165, 1.54) is 11.8 Å². The van der Waals surface area contributed by atoms with Crippen LogP contribution in [0.4, 0.5) is 5.69 Å². The molecule has 1 aromatic carbocycles. The quantitative estimate of drug-likeness (QED) is 0.809. The number of rotatable bonds is 4. The molecule has 0 saturated carbocycles. The molecule has 0 bridgehead atoms. The maximum absolute atomic E-state index is 12.3. The topological polar surface area (TPSA) is 64.0 Å². The molecule has 120 valence electrons. The second-order valence-electron chi connectivity index (χ2n) is 5.32. The van der Waals surface area contributed by atoms with Gasteiger partial charge in [-0.25, -0.2) is 4.98 Å². The number of aromatic nitrogens is 2. The van der Waals surface area contributed by atoms with Gasteiger partial charge in [-0.2, -0.15) is 0 Å². The third-order valence-corrected chi connectivity index (χ3v) is 5.23. The minimum Gasteiger partial charge on any atom is -0.326 e. The van der Waals surface area contributed by atoms with E-state index in [4.69, 9.17) is 0 Å². The van der Waals surface area contributed by atoms with Crippen LogP contribution in [0.15, 0.2) is 44.8 Å². The van der Waals surface area contributed by atoms with Crippen LogP contribution in [0.25, 0.3) is 0 Å². The normalized spacial score (nSPS) is 16.2. The number of carbonyl (C=O) groups excluding carboxylic acids is 1. The third-order valence-electron chi connectivity index (χ3n) is 3.63. The molecule has 1 unspecified atom stereocenters. The summed E-state index contributed by atoms with van der Waals surface area (Å²) in [6.07, 6.45) is 0.997. The fourth-order valence-corrected chi connectivity index (χ4v) is 4.09. The maximum atomic E-state index is 12.3. The number of anilines is 1. The van der Waals surface area contributed by atoms with E-state index < -0.39 is 0 Å². The van der Waals surface area contributed by atoms with E-state index in [0.717, 1.165) is 27.4 Å². The number of benzene rings is 1. The first kappa shape index (κ1) is 16.3. The largest absolute Gasteiger partial charge is 0.326 e. The number of thioether (sulfide) groups is 1. The number of amides is 1. The van der Waals surface area contributed by atoms with E-state index in [2.05, 4.69) is 26.2 Å². The van der Waals surface area contributed by atoms with Crippen molar-refractivity contribution in [2.24, 2.45) is 0 Å². The molecule has 1 aromatic heterocycles. The molecule has 7 heteroatoms. The first-order valence-corrected chi connectivity index (χ1v) is 9.15. The van der Waals surface area contributed by atoms with Gasteiger partial charge >= 0.3 is 0 Å². The summed E-state index contributed by atoms with van der Waals surface area (Å²) in [7, 11) is 0. The van der Waals surface area contributed by atoms with Crippen molar-refractivity contribution < 1.29 is 4.79 Å². The van der Waals surface area contributed by atoms with Gasteiger partial charge in [-0.3, -0.25) is 14.2 Å². The van der Waals surface area contributed by atoms with Gasteiger partial charge in [0.15, 0.2) is 5.16 Å². The summed E-state index contributed by atoms with van der Waals surface area (Å²) in [4.78, 5) is 29.0. The van der Waals surface area contributed by atoms with Crippen molar-refractivity contribution in [3.8, 4) is 0 Å². The van der Waals surface area contributed by atoms with Crippen LogP contribution in [0, 0.1) is 0 Å². The van der Waals surface area contributed by atoms with Gasteiger partial charge in [-0.1, -0.05) is 40.7 Å². The van der Waals surface area contributed by atoms with Crippen LogP contribution in [0.3, 0.4) is 0 Å². The molecule has 1 atom stereocenters. The molecule has 5 nitrogen and oxygen atoms in total. The smallest absolute Gasteiger partial charge is 0.254 e. The minimum absolute atomic E-state index is 0.0721. The molecular formula is C16H16BrN3O2S. The zero-order valence-electron chi connectivity index (χ0n) is 12.6. The standard InChI is InChI=1S/C16H16BrN3O2S/c1-2-11-7-15(22)20-13(9-23-16(20)19-11)8-14(21)18-12-5-3-4-10(17)6-12/h3-7,13H,2,8-9H2,1H3,(H,18,21). The zero-order chi connectivity index (χ0) is 16.4. The highest BCUT2D eigenvalue weighted by molar-refractivity contribution is 9.10.